The number of nitrogens with zero attached hydrogens (tertiary/aromatic N) is 3. The van der Waals surface area contributed by atoms with Gasteiger partial charge in [-0.3, -0.25) is 4.79 Å². The van der Waals surface area contributed by atoms with Crippen LogP contribution in [0.1, 0.15) is 13.8 Å². The number of benzene rings is 2. The SMILES string of the molecule is CC(C)=NNC(=O)COc1ccc(F)cc1-c1ccnn1-c1ccccc1. The van der Waals surface area contributed by atoms with E-state index in [1.807, 2.05) is 30.3 Å². The van der Waals surface area contributed by atoms with E-state index < -0.39 is 11.7 Å². The number of carbonyl (C=O) groups is 1. The molecule has 6 nitrogen and oxygen atoms in total. The Hall–Kier alpha value is -3.48. The van der Waals surface area contributed by atoms with Gasteiger partial charge >= 0.3 is 0 Å². The Labute approximate surface area is 156 Å². The molecule has 1 N–H and O–H groups in total. The first-order valence-electron chi connectivity index (χ1n) is 8.36. The lowest BCUT2D eigenvalue weighted by Gasteiger charge is -2.13. The highest BCUT2D eigenvalue weighted by atomic mass is 19.1. The van der Waals surface area contributed by atoms with Crippen molar-refractivity contribution in [2.45, 2.75) is 13.8 Å². The fourth-order valence-electron chi connectivity index (χ4n) is 2.46. The number of halogens is 1. The van der Waals surface area contributed by atoms with E-state index in [9.17, 15) is 9.18 Å². The third-order valence-corrected chi connectivity index (χ3v) is 3.62. The number of hydrogen-bond donors (Lipinski definition) is 1. The Morgan fingerprint density at radius 2 is 1.96 bits per heavy atom. The second kappa shape index (κ2) is 8.27. The van der Waals surface area contributed by atoms with Crippen LogP contribution in [0.5, 0.6) is 5.75 Å². The smallest absolute Gasteiger partial charge is 0.277 e. The van der Waals surface area contributed by atoms with Crippen molar-refractivity contribution in [3.63, 3.8) is 0 Å². The summed E-state index contributed by atoms with van der Waals surface area (Å²) in [5, 5.41) is 8.16. The van der Waals surface area contributed by atoms with Crippen molar-refractivity contribution in [1.82, 2.24) is 15.2 Å². The largest absolute Gasteiger partial charge is 0.483 e. The van der Waals surface area contributed by atoms with Crippen LogP contribution in [0.3, 0.4) is 0 Å². The van der Waals surface area contributed by atoms with E-state index in [0.29, 0.717) is 17.0 Å². The van der Waals surface area contributed by atoms with E-state index in [-0.39, 0.29) is 6.61 Å². The summed E-state index contributed by atoms with van der Waals surface area (Å²) in [6.07, 6.45) is 1.63. The first-order valence-corrected chi connectivity index (χ1v) is 8.36. The van der Waals surface area contributed by atoms with Gasteiger partial charge in [0.05, 0.1) is 17.6 Å². The minimum Gasteiger partial charge on any atom is -0.483 e. The molecule has 138 valence electrons. The van der Waals surface area contributed by atoms with Gasteiger partial charge in [-0.05, 0) is 50.2 Å². The predicted octanol–water partition coefficient (Wildman–Crippen LogP) is 3.57. The highest BCUT2D eigenvalue weighted by Gasteiger charge is 2.15. The number of carbonyl (C=O) groups excluding carboxylic acids is 1. The summed E-state index contributed by atoms with van der Waals surface area (Å²) in [7, 11) is 0. The quantitative estimate of drug-likeness (QED) is 0.536. The van der Waals surface area contributed by atoms with Crippen LogP contribution < -0.4 is 10.2 Å². The standard InChI is InChI=1S/C20H19FN4O2/c1-14(2)23-24-20(26)13-27-19-9-8-15(21)12-17(19)18-10-11-22-25(18)16-6-4-3-5-7-16/h3-12H,13H2,1-2H3,(H,24,26). The Bertz CT molecular complexity index is 963. The average molecular weight is 366 g/mol. The van der Waals surface area contributed by atoms with Crippen molar-refractivity contribution in [2.75, 3.05) is 6.61 Å². The Morgan fingerprint density at radius 3 is 2.70 bits per heavy atom. The van der Waals surface area contributed by atoms with E-state index in [0.717, 1.165) is 11.4 Å². The molecular weight excluding hydrogens is 347 g/mol. The van der Waals surface area contributed by atoms with Gasteiger partial charge in [0.2, 0.25) is 0 Å². The number of nitrogens with one attached hydrogen (secondary N) is 1. The molecule has 3 aromatic rings. The Balaban J connectivity index is 1.89. The number of amides is 1. The van der Waals surface area contributed by atoms with E-state index in [4.69, 9.17) is 4.74 Å². The molecule has 0 unspecified atom stereocenters. The summed E-state index contributed by atoms with van der Waals surface area (Å²) >= 11 is 0. The van der Waals surface area contributed by atoms with Crippen LogP contribution in [-0.4, -0.2) is 28.0 Å². The molecule has 1 heterocycles. The second-order valence-corrected chi connectivity index (χ2v) is 5.99. The zero-order valence-corrected chi connectivity index (χ0v) is 15.0. The molecule has 0 aliphatic carbocycles. The normalized spacial score (nSPS) is 10.3. The molecule has 2 aromatic carbocycles. The molecule has 1 aromatic heterocycles. The van der Waals surface area contributed by atoms with Crippen molar-refractivity contribution >= 4 is 11.6 Å². The van der Waals surface area contributed by atoms with Crippen molar-refractivity contribution in [3.05, 3.63) is 66.6 Å². The van der Waals surface area contributed by atoms with Crippen molar-refractivity contribution < 1.29 is 13.9 Å². The lowest BCUT2D eigenvalue weighted by molar-refractivity contribution is -0.123. The van der Waals surface area contributed by atoms with Crippen LogP contribution in [0.15, 0.2) is 65.9 Å². The fourth-order valence-corrected chi connectivity index (χ4v) is 2.46. The number of ether oxygens (including phenoxy) is 1. The van der Waals surface area contributed by atoms with Crippen LogP contribution >= 0.6 is 0 Å². The molecule has 0 saturated carbocycles. The van der Waals surface area contributed by atoms with Crippen LogP contribution in [0.2, 0.25) is 0 Å². The van der Waals surface area contributed by atoms with E-state index in [1.54, 1.807) is 30.8 Å². The number of aromatic nitrogens is 2. The van der Waals surface area contributed by atoms with Crippen molar-refractivity contribution in [1.29, 1.82) is 0 Å². The van der Waals surface area contributed by atoms with Gasteiger partial charge in [0.1, 0.15) is 11.6 Å². The summed E-state index contributed by atoms with van der Waals surface area (Å²) in [4.78, 5) is 11.8. The Morgan fingerprint density at radius 1 is 1.19 bits per heavy atom. The lowest BCUT2D eigenvalue weighted by Crippen LogP contribution is -2.25. The highest BCUT2D eigenvalue weighted by Crippen LogP contribution is 2.32. The fraction of sp³-hybridized carbons (Fsp3) is 0.150. The molecule has 0 bridgehead atoms. The average Bonchev–Trinajstić information content (AvgIpc) is 3.15. The summed E-state index contributed by atoms with van der Waals surface area (Å²) in [5.41, 5.74) is 5.09. The monoisotopic (exact) mass is 366 g/mol. The third kappa shape index (κ3) is 4.58. The van der Waals surface area contributed by atoms with Crippen LogP contribution in [-0.2, 0) is 4.79 Å². The minimum absolute atomic E-state index is 0.241. The zero-order valence-electron chi connectivity index (χ0n) is 15.0. The summed E-state index contributed by atoms with van der Waals surface area (Å²) in [5.74, 6) is -0.432. The molecule has 0 aliphatic heterocycles. The van der Waals surface area contributed by atoms with E-state index >= 15 is 0 Å². The highest BCUT2D eigenvalue weighted by molar-refractivity contribution is 5.83. The maximum absolute atomic E-state index is 13.9. The molecule has 0 saturated heterocycles. The zero-order chi connectivity index (χ0) is 19.2. The van der Waals surface area contributed by atoms with E-state index in [1.165, 1.54) is 18.2 Å². The summed E-state index contributed by atoms with van der Waals surface area (Å²) in [6.45, 7) is 3.29. The van der Waals surface area contributed by atoms with Crippen molar-refractivity contribution in [2.24, 2.45) is 5.10 Å². The maximum Gasteiger partial charge on any atom is 0.277 e. The molecule has 1 amide bonds. The third-order valence-electron chi connectivity index (χ3n) is 3.62. The summed E-state index contributed by atoms with van der Waals surface area (Å²) < 4.78 is 21.2. The van der Waals surface area contributed by atoms with Crippen LogP contribution in [0, 0.1) is 5.82 Å². The number of rotatable bonds is 6. The first-order chi connectivity index (χ1) is 13.0. The van der Waals surface area contributed by atoms with Gasteiger partial charge in [-0.1, -0.05) is 18.2 Å². The van der Waals surface area contributed by atoms with Gasteiger partial charge in [-0.25, -0.2) is 14.5 Å². The summed E-state index contributed by atoms with van der Waals surface area (Å²) in [6, 6.07) is 15.4. The molecule has 0 atom stereocenters. The molecule has 27 heavy (non-hydrogen) atoms. The molecule has 3 rings (SSSR count). The molecule has 7 heteroatoms. The van der Waals surface area contributed by atoms with E-state index in [2.05, 4.69) is 15.6 Å². The topological polar surface area (TPSA) is 68.5 Å². The molecule has 0 fully saturated rings. The number of hydrazone groups is 1. The lowest BCUT2D eigenvalue weighted by atomic mass is 10.1. The molecule has 0 aliphatic rings. The van der Waals surface area contributed by atoms with Gasteiger partial charge in [-0.2, -0.15) is 10.2 Å². The number of hydrogen-bond acceptors (Lipinski definition) is 4. The predicted molar refractivity (Wildman–Crippen MR) is 101 cm³/mol. The van der Waals surface area contributed by atoms with Crippen LogP contribution in [0.4, 0.5) is 4.39 Å². The van der Waals surface area contributed by atoms with Gasteiger partial charge in [0, 0.05) is 11.3 Å². The van der Waals surface area contributed by atoms with Crippen LogP contribution in [0.25, 0.3) is 16.9 Å². The van der Waals surface area contributed by atoms with Gasteiger partial charge in [0.25, 0.3) is 5.91 Å². The Kier molecular flexibility index (Phi) is 5.61. The van der Waals surface area contributed by atoms with Gasteiger partial charge in [-0.15, -0.1) is 0 Å². The number of para-hydroxylation sites is 1. The maximum atomic E-state index is 13.9. The molecule has 0 radical (unpaired) electrons. The first kappa shape index (κ1) is 18.3. The minimum atomic E-state index is -0.408. The molecule has 0 spiro atoms. The second-order valence-electron chi connectivity index (χ2n) is 5.99. The van der Waals surface area contributed by atoms with Gasteiger partial charge < -0.3 is 4.74 Å². The van der Waals surface area contributed by atoms with Gasteiger partial charge in [0.15, 0.2) is 6.61 Å². The molecular formula is C20H19FN4O2. The van der Waals surface area contributed by atoms with Crippen molar-refractivity contribution in [3.8, 4) is 22.7 Å².